The Kier molecular flexibility index (Phi) is 5.24. The Bertz CT molecular complexity index is 539. The Balaban J connectivity index is 2.32. The quantitative estimate of drug-likeness (QED) is 0.610. The summed E-state index contributed by atoms with van der Waals surface area (Å²) in [5, 5.41) is 4.41. The minimum absolute atomic E-state index is 0.150. The molecule has 0 fully saturated rings. The summed E-state index contributed by atoms with van der Waals surface area (Å²) in [5.74, 6) is 5.74. The number of halogens is 1. The van der Waals surface area contributed by atoms with E-state index in [9.17, 15) is 0 Å². The molecule has 6 nitrogen and oxygen atoms in total. The second kappa shape index (κ2) is 6.94. The van der Waals surface area contributed by atoms with Crippen LogP contribution in [0.15, 0.2) is 35.2 Å². The summed E-state index contributed by atoms with van der Waals surface area (Å²) in [5.41, 5.74) is 4.85. The van der Waals surface area contributed by atoms with Gasteiger partial charge in [-0.2, -0.15) is 5.10 Å². The number of rotatable bonds is 6. The minimum atomic E-state index is -0.150. The van der Waals surface area contributed by atoms with Crippen LogP contribution < -0.4 is 11.3 Å². The summed E-state index contributed by atoms with van der Waals surface area (Å²) in [6.45, 7) is 1.71. The van der Waals surface area contributed by atoms with Crippen molar-refractivity contribution in [1.29, 1.82) is 0 Å². The third-order valence-corrected chi connectivity index (χ3v) is 3.66. The largest absolute Gasteiger partial charge is 0.308 e. The van der Waals surface area contributed by atoms with Gasteiger partial charge in [-0.1, -0.05) is 6.07 Å². The van der Waals surface area contributed by atoms with Crippen molar-refractivity contribution in [2.24, 2.45) is 5.84 Å². The lowest BCUT2D eigenvalue weighted by Gasteiger charge is -2.19. The molecule has 108 valence electrons. The molecule has 0 aliphatic rings. The van der Waals surface area contributed by atoms with Crippen molar-refractivity contribution < 1.29 is 0 Å². The lowest BCUT2D eigenvalue weighted by atomic mass is 10.1. The minimum Gasteiger partial charge on any atom is -0.308 e. The summed E-state index contributed by atoms with van der Waals surface area (Å²) in [4.78, 5) is 6.27. The molecule has 3 N–H and O–H groups in total. The van der Waals surface area contributed by atoms with Gasteiger partial charge in [-0.15, -0.1) is 0 Å². The van der Waals surface area contributed by atoms with Gasteiger partial charge >= 0.3 is 0 Å². The van der Waals surface area contributed by atoms with Gasteiger partial charge in [0.2, 0.25) is 0 Å². The van der Waals surface area contributed by atoms with Crippen LogP contribution in [0.5, 0.6) is 0 Å². The monoisotopic (exact) mass is 338 g/mol. The first-order chi connectivity index (χ1) is 9.63. The highest BCUT2D eigenvalue weighted by Gasteiger charge is 2.21. The van der Waals surface area contributed by atoms with Crippen LogP contribution in [0, 0.1) is 0 Å². The maximum absolute atomic E-state index is 5.74. The van der Waals surface area contributed by atoms with E-state index in [1.807, 2.05) is 30.9 Å². The number of hydrogen-bond donors (Lipinski definition) is 2. The zero-order valence-corrected chi connectivity index (χ0v) is 13.2. The normalized spacial score (nSPS) is 12.8. The van der Waals surface area contributed by atoms with Gasteiger partial charge < -0.3 is 4.90 Å². The molecule has 2 rings (SSSR count). The molecule has 7 heteroatoms. The smallest absolute Gasteiger partial charge is 0.0904 e. The number of nitrogens with one attached hydrogen (secondary N) is 1. The molecule has 0 aliphatic heterocycles. The lowest BCUT2D eigenvalue weighted by molar-refractivity contribution is 0.365. The van der Waals surface area contributed by atoms with Crippen molar-refractivity contribution in [3.63, 3.8) is 0 Å². The molecular weight excluding hydrogens is 320 g/mol. The Hall–Kier alpha value is -1.28. The fourth-order valence-electron chi connectivity index (χ4n) is 2.01. The number of pyridine rings is 1. The zero-order valence-electron chi connectivity index (χ0n) is 11.6. The van der Waals surface area contributed by atoms with Gasteiger partial charge in [0.15, 0.2) is 0 Å². The van der Waals surface area contributed by atoms with Gasteiger partial charge in [-0.05, 0) is 41.7 Å². The Morgan fingerprint density at radius 1 is 1.45 bits per heavy atom. The zero-order chi connectivity index (χ0) is 14.5. The summed E-state index contributed by atoms with van der Waals surface area (Å²) in [7, 11) is 4.08. The Labute approximate surface area is 127 Å². The topological polar surface area (TPSA) is 72.0 Å². The van der Waals surface area contributed by atoms with Gasteiger partial charge in [0.25, 0.3) is 0 Å². The van der Waals surface area contributed by atoms with Crippen molar-refractivity contribution >= 4 is 15.9 Å². The summed E-state index contributed by atoms with van der Waals surface area (Å²) in [6, 6.07) is 3.74. The number of nitrogens with two attached hydrogens (primary N) is 1. The van der Waals surface area contributed by atoms with Gasteiger partial charge in [0.05, 0.1) is 29.0 Å². The Morgan fingerprint density at radius 2 is 2.25 bits per heavy atom. The van der Waals surface area contributed by atoms with Crippen LogP contribution in [-0.2, 0) is 6.54 Å². The fourth-order valence-corrected chi connectivity index (χ4v) is 2.54. The van der Waals surface area contributed by atoms with Crippen LogP contribution in [0.2, 0.25) is 0 Å². The van der Waals surface area contributed by atoms with E-state index < -0.39 is 0 Å². The maximum Gasteiger partial charge on any atom is 0.0904 e. The second-order valence-electron chi connectivity index (χ2n) is 4.79. The molecule has 0 spiro atoms. The molecule has 0 saturated heterocycles. The van der Waals surface area contributed by atoms with Crippen LogP contribution in [0.1, 0.15) is 17.3 Å². The van der Waals surface area contributed by atoms with Crippen molar-refractivity contribution in [3.8, 4) is 0 Å². The van der Waals surface area contributed by atoms with Crippen molar-refractivity contribution in [1.82, 2.24) is 25.1 Å². The highest BCUT2D eigenvalue weighted by atomic mass is 79.9. The number of aromatic nitrogens is 3. The van der Waals surface area contributed by atoms with E-state index in [2.05, 4.69) is 36.3 Å². The number of likely N-dealkylation sites (N-methyl/N-ethyl adjacent to an activating group) is 1. The molecule has 1 unspecified atom stereocenters. The molecule has 2 aromatic heterocycles. The average Bonchev–Trinajstić information content (AvgIpc) is 2.80. The summed E-state index contributed by atoms with van der Waals surface area (Å²) >= 11 is 3.55. The molecule has 2 aromatic rings. The van der Waals surface area contributed by atoms with Crippen molar-refractivity contribution in [3.05, 3.63) is 46.5 Å². The Morgan fingerprint density at radius 3 is 2.85 bits per heavy atom. The fraction of sp³-hybridized carbons (Fsp3) is 0.385. The summed E-state index contributed by atoms with van der Waals surface area (Å²) in [6.07, 6.45) is 5.35. The van der Waals surface area contributed by atoms with E-state index in [0.29, 0.717) is 0 Å². The molecule has 0 saturated carbocycles. The molecule has 0 amide bonds. The maximum atomic E-state index is 5.74. The third kappa shape index (κ3) is 3.43. The van der Waals surface area contributed by atoms with Gasteiger partial charge in [-0.3, -0.25) is 15.5 Å². The first kappa shape index (κ1) is 15.1. The highest BCUT2D eigenvalue weighted by Crippen LogP contribution is 2.27. The van der Waals surface area contributed by atoms with Crippen molar-refractivity contribution in [2.75, 3.05) is 20.6 Å². The number of nitrogens with zero attached hydrogens (tertiary/aromatic N) is 4. The molecule has 0 aromatic carbocycles. The second-order valence-corrected chi connectivity index (χ2v) is 5.64. The molecule has 2 heterocycles. The van der Waals surface area contributed by atoms with Crippen molar-refractivity contribution in [2.45, 2.75) is 12.6 Å². The first-order valence-corrected chi connectivity index (χ1v) is 7.14. The highest BCUT2D eigenvalue weighted by molar-refractivity contribution is 9.10. The number of hydrazine groups is 1. The molecule has 20 heavy (non-hydrogen) atoms. The number of hydrogen-bond acceptors (Lipinski definition) is 5. The average molecular weight is 339 g/mol. The molecular formula is C13H19BrN6. The van der Waals surface area contributed by atoms with Crippen LogP contribution in [0.25, 0.3) is 0 Å². The predicted molar refractivity (Wildman–Crippen MR) is 81.9 cm³/mol. The van der Waals surface area contributed by atoms with E-state index in [1.165, 1.54) is 0 Å². The van der Waals surface area contributed by atoms with E-state index >= 15 is 0 Å². The van der Waals surface area contributed by atoms with Gasteiger partial charge in [-0.25, -0.2) is 5.43 Å². The molecule has 0 radical (unpaired) electrons. The van der Waals surface area contributed by atoms with E-state index in [-0.39, 0.29) is 6.04 Å². The van der Waals surface area contributed by atoms with Gasteiger partial charge in [0, 0.05) is 18.9 Å². The van der Waals surface area contributed by atoms with E-state index in [1.54, 1.807) is 18.6 Å². The SMILES string of the molecule is CN(C)CCn1ncc(Br)c1C(NN)c1cccnc1. The lowest BCUT2D eigenvalue weighted by Crippen LogP contribution is -2.32. The van der Waals surface area contributed by atoms with Gasteiger partial charge in [0.1, 0.15) is 0 Å². The molecule has 0 aliphatic carbocycles. The third-order valence-electron chi connectivity index (χ3n) is 3.05. The standard InChI is InChI=1S/C13H19BrN6/c1-19(2)6-7-20-13(11(14)9-17-20)12(18-15)10-4-3-5-16-8-10/h3-5,8-9,12,18H,6-7,15H2,1-2H3. The van der Waals surface area contributed by atoms with Crippen LogP contribution in [-0.4, -0.2) is 40.3 Å². The van der Waals surface area contributed by atoms with Crippen LogP contribution in [0.4, 0.5) is 0 Å². The summed E-state index contributed by atoms with van der Waals surface area (Å²) < 4.78 is 2.89. The molecule has 1 atom stereocenters. The van der Waals surface area contributed by atoms with Crippen LogP contribution >= 0.6 is 15.9 Å². The van der Waals surface area contributed by atoms with E-state index in [0.717, 1.165) is 28.8 Å². The first-order valence-electron chi connectivity index (χ1n) is 6.35. The predicted octanol–water partition coefficient (Wildman–Crippen LogP) is 1.15. The molecule has 0 bridgehead atoms. The van der Waals surface area contributed by atoms with Crippen LogP contribution in [0.3, 0.4) is 0 Å². The van der Waals surface area contributed by atoms with E-state index in [4.69, 9.17) is 5.84 Å².